The molecular formula is C15H12N6. The minimum Gasteiger partial charge on any atom is -0.282 e. The Morgan fingerprint density at radius 3 is 2.90 bits per heavy atom. The number of pyridine rings is 2. The Bertz CT molecular complexity index is 906. The van der Waals surface area contributed by atoms with Gasteiger partial charge in [0.15, 0.2) is 5.65 Å². The van der Waals surface area contributed by atoms with Gasteiger partial charge < -0.3 is 0 Å². The van der Waals surface area contributed by atoms with Crippen molar-refractivity contribution in [1.82, 2.24) is 29.9 Å². The monoisotopic (exact) mass is 276 g/mol. The quantitative estimate of drug-likeness (QED) is 0.610. The molecule has 4 heterocycles. The van der Waals surface area contributed by atoms with Crippen molar-refractivity contribution in [3.63, 3.8) is 0 Å². The van der Waals surface area contributed by atoms with Crippen LogP contribution in [0.1, 0.15) is 5.69 Å². The highest BCUT2D eigenvalue weighted by molar-refractivity contribution is 5.81. The van der Waals surface area contributed by atoms with Crippen LogP contribution in [-0.4, -0.2) is 29.9 Å². The molecule has 102 valence electrons. The average molecular weight is 276 g/mol. The number of rotatable bonds is 2. The van der Waals surface area contributed by atoms with Gasteiger partial charge in [0.1, 0.15) is 0 Å². The Morgan fingerprint density at radius 1 is 1.19 bits per heavy atom. The van der Waals surface area contributed by atoms with Crippen LogP contribution in [0.5, 0.6) is 0 Å². The Hall–Kier alpha value is -3.02. The third kappa shape index (κ3) is 1.97. The molecule has 0 aliphatic rings. The molecule has 0 spiro atoms. The molecule has 0 saturated carbocycles. The summed E-state index contributed by atoms with van der Waals surface area (Å²) >= 11 is 0. The van der Waals surface area contributed by atoms with Crippen molar-refractivity contribution < 1.29 is 0 Å². The van der Waals surface area contributed by atoms with E-state index in [-0.39, 0.29) is 0 Å². The van der Waals surface area contributed by atoms with Crippen molar-refractivity contribution in [1.29, 1.82) is 0 Å². The van der Waals surface area contributed by atoms with Crippen LogP contribution in [0.2, 0.25) is 0 Å². The molecule has 1 N–H and O–H groups in total. The smallest absolute Gasteiger partial charge is 0.181 e. The number of H-pyrrole nitrogens is 1. The van der Waals surface area contributed by atoms with Gasteiger partial charge in [-0.1, -0.05) is 0 Å². The summed E-state index contributed by atoms with van der Waals surface area (Å²) < 4.78 is 1.79. The molecule has 6 nitrogen and oxygen atoms in total. The predicted molar refractivity (Wildman–Crippen MR) is 79.0 cm³/mol. The second-order valence-electron chi connectivity index (χ2n) is 4.83. The third-order valence-electron chi connectivity index (χ3n) is 3.41. The standard InChI is InChI=1S/C15H12N6/c1-10-14(8-18-19-10)11-5-12-9-21(20-15(12)17-6-11)13-3-2-4-16-7-13/h2-9H,1H3,(H,18,19). The van der Waals surface area contributed by atoms with E-state index >= 15 is 0 Å². The maximum atomic E-state index is 4.47. The van der Waals surface area contributed by atoms with E-state index in [1.165, 1.54) is 0 Å². The minimum atomic E-state index is 0.712. The number of aromatic amines is 1. The SMILES string of the molecule is Cc1[nH]ncc1-c1cnc2nn(-c3cccnc3)cc2c1. The van der Waals surface area contributed by atoms with E-state index in [4.69, 9.17) is 0 Å². The van der Waals surface area contributed by atoms with E-state index in [0.29, 0.717) is 5.65 Å². The van der Waals surface area contributed by atoms with Crippen molar-refractivity contribution in [2.45, 2.75) is 6.92 Å². The van der Waals surface area contributed by atoms with Crippen LogP contribution in [0.4, 0.5) is 0 Å². The average Bonchev–Trinajstić information content (AvgIpc) is 3.13. The Morgan fingerprint density at radius 2 is 2.14 bits per heavy atom. The highest BCUT2D eigenvalue weighted by atomic mass is 15.3. The van der Waals surface area contributed by atoms with E-state index in [1.807, 2.05) is 37.6 Å². The fourth-order valence-corrected chi connectivity index (χ4v) is 2.33. The van der Waals surface area contributed by atoms with Gasteiger partial charge in [-0.15, -0.1) is 5.10 Å². The maximum absolute atomic E-state index is 4.47. The van der Waals surface area contributed by atoms with E-state index in [9.17, 15) is 0 Å². The summed E-state index contributed by atoms with van der Waals surface area (Å²) in [5.74, 6) is 0. The summed E-state index contributed by atoms with van der Waals surface area (Å²) in [7, 11) is 0. The second-order valence-corrected chi connectivity index (χ2v) is 4.83. The molecule has 4 aromatic rings. The van der Waals surface area contributed by atoms with Crippen LogP contribution in [-0.2, 0) is 0 Å². The van der Waals surface area contributed by atoms with Crippen molar-refractivity contribution in [2.75, 3.05) is 0 Å². The largest absolute Gasteiger partial charge is 0.282 e. The molecular weight excluding hydrogens is 264 g/mol. The van der Waals surface area contributed by atoms with E-state index in [0.717, 1.165) is 27.9 Å². The molecule has 0 fully saturated rings. The lowest BCUT2D eigenvalue weighted by atomic mass is 10.1. The molecule has 6 heteroatoms. The summed E-state index contributed by atoms with van der Waals surface area (Å²) in [5.41, 5.74) is 4.73. The first-order chi connectivity index (χ1) is 10.3. The lowest BCUT2D eigenvalue weighted by molar-refractivity contribution is 0.883. The number of aromatic nitrogens is 6. The Labute approximate surface area is 120 Å². The van der Waals surface area contributed by atoms with Gasteiger partial charge in [-0.3, -0.25) is 10.1 Å². The predicted octanol–water partition coefficient (Wildman–Crippen LogP) is 2.51. The Kier molecular flexibility index (Phi) is 2.53. The highest BCUT2D eigenvalue weighted by Crippen LogP contribution is 2.24. The molecule has 0 bridgehead atoms. The first kappa shape index (κ1) is 11.8. The zero-order valence-corrected chi connectivity index (χ0v) is 11.4. The minimum absolute atomic E-state index is 0.712. The van der Waals surface area contributed by atoms with E-state index < -0.39 is 0 Å². The zero-order valence-electron chi connectivity index (χ0n) is 11.4. The number of nitrogens with one attached hydrogen (secondary N) is 1. The summed E-state index contributed by atoms with van der Waals surface area (Å²) in [6.45, 7) is 1.99. The van der Waals surface area contributed by atoms with Gasteiger partial charge in [-0.25, -0.2) is 9.67 Å². The number of hydrogen-bond acceptors (Lipinski definition) is 4. The van der Waals surface area contributed by atoms with Gasteiger partial charge in [-0.05, 0) is 25.1 Å². The molecule has 0 aromatic carbocycles. The van der Waals surface area contributed by atoms with Crippen molar-refractivity contribution in [3.05, 3.63) is 54.9 Å². The Balaban J connectivity index is 1.84. The molecule has 0 radical (unpaired) electrons. The molecule has 0 atom stereocenters. The molecule has 21 heavy (non-hydrogen) atoms. The van der Waals surface area contributed by atoms with Gasteiger partial charge in [0.05, 0.1) is 18.1 Å². The second kappa shape index (κ2) is 4.52. The zero-order chi connectivity index (χ0) is 14.2. The van der Waals surface area contributed by atoms with Gasteiger partial charge in [0, 0.05) is 40.8 Å². The molecule has 0 aliphatic carbocycles. The van der Waals surface area contributed by atoms with E-state index in [1.54, 1.807) is 17.1 Å². The molecule has 0 aliphatic heterocycles. The van der Waals surface area contributed by atoms with Crippen LogP contribution in [0.15, 0.2) is 49.2 Å². The lowest BCUT2D eigenvalue weighted by Crippen LogP contribution is -1.94. The molecule has 4 rings (SSSR count). The normalized spacial score (nSPS) is 11.1. The molecule has 4 aromatic heterocycles. The maximum Gasteiger partial charge on any atom is 0.181 e. The van der Waals surface area contributed by atoms with Gasteiger partial charge in [0.25, 0.3) is 0 Å². The number of hydrogen-bond donors (Lipinski definition) is 1. The topological polar surface area (TPSA) is 72.3 Å². The van der Waals surface area contributed by atoms with Crippen molar-refractivity contribution in [3.8, 4) is 16.8 Å². The van der Waals surface area contributed by atoms with Crippen LogP contribution >= 0.6 is 0 Å². The van der Waals surface area contributed by atoms with Crippen molar-refractivity contribution in [2.24, 2.45) is 0 Å². The fraction of sp³-hybridized carbons (Fsp3) is 0.0667. The van der Waals surface area contributed by atoms with Crippen LogP contribution in [0, 0.1) is 6.92 Å². The van der Waals surface area contributed by atoms with Gasteiger partial charge in [0.2, 0.25) is 0 Å². The highest BCUT2D eigenvalue weighted by Gasteiger charge is 2.08. The molecule has 0 amide bonds. The van der Waals surface area contributed by atoms with Crippen molar-refractivity contribution >= 4 is 11.0 Å². The van der Waals surface area contributed by atoms with Crippen LogP contribution < -0.4 is 0 Å². The first-order valence-corrected chi connectivity index (χ1v) is 6.57. The molecule has 0 unspecified atom stereocenters. The number of nitrogens with zero attached hydrogens (tertiary/aromatic N) is 5. The number of aryl methyl sites for hydroxylation is 1. The summed E-state index contributed by atoms with van der Waals surface area (Å²) in [6.07, 6.45) is 9.10. The summed E-state index contributed by atoms with van der Waals surface area (Å²) in [6, 6.07) is 5.91. The van der Waals surface area contributed by atoms with Gasteiger partial charge in [-0.2, -0.15) is 5.10 Å². The summed E-state index contributed by atoms with van der Waals surface area (Å²) in [4.78, 5) is 8.54. The third-order valence-corrected chi connectivity index (χ3v) is 3.41. The lowest BCUT2D eigenvalue weighted by Gasteiger charge is -1.97. The molecule has 0 saturated heterocycles. The van der Waals surface area contributed by atoms with Crippen LogP contribution in [0.3, 0.4) is 0 Å². The van der Waals surface area contributed by atoms with Gasteiger partial charge >= 0.3 is 0 Å². The summed E-state index contributed by atoms with van der Waals surface area (Å²) in [5, 5.41) is 12.4. The van der Waals surface area contributed by atoms with Crippen LogP contribution in [0.25, 0.3) is 27.8 Å². The van der Waals surface area contributed by atoms with E-state index in [2.05, 4.69) is 31.3 Å². The fourth-order valence-electron chi connectivity index (χ4n) is 2.33. The first-order valence-electron chi connectivity index (χ1n) is 6.57. The number of fused-ring (bicyclic) bond motifs is 1.